The van der Waals surface area contributed by atoms with Crippen molar-refractivity contribution in [3.05, 3.63) is 69.4 Å². The van der Waals surface area contributed by atoms with Crippen molar-refractivity contribution < 1.29 is 9.18 Å². The number of aromatic amines is 1. The number of carbonyl (C=O) groups excluding carboxylic acids is 1. The van der Waals surface area contributed by atoms with Gasteiger partial charge in [-0.2, -0.15) is 5.10 Å². The van der Waals surface area contributed by atoms with Gasteiger partial charge in [-0.1, -0.05) is 28.1 Å². The number of anilines is 1. The summed E-state index contributed by atoms with van der Waals surface area (Å²) in [4.78, 5) is 12.1. The summed E-state index contributed by atoms with van der Waals surface area (Å²) >= 11 is 8.61. The zero-order valence-corrected chi connectivity index (χ0v) is 15.2. The highest BCUT2D eigenvalue weighted by molar-refractivity contribution is 9.10. The number of H-pyrrole nitrogens is 1. The maximum Gasteiger partial charge on any atom is 0.245 e. The van der Waals surface area contributed by atoms with Crippen molar-refractivity contribution in [2.75, 3.05) is 5.43 Å². The summed E-state index contributed by atoms with van der Waals surface area (Å²) < 4.78 is 16.5. The molecule has 1 amide bonds. The molecule has 9 heteroatoms. The Bertz CT molecular complexity index is 954. The maximum absolute atomic E-state index is 13.5. The molecule has 3 rings (SSSR count). The summed E-state index contributed by atoms with van der Waals surface area (Å²) in [5.41, 5.74) is 5.97. The Morgan fingerprint density at radius 2 is 1.96 bits per heavy atom. The first kappa shape index (κ1) is 17.3. The van der Waals surface area contributed by atoms with E-state index in [0.29, 0.717) is 10.6 Å². The molecular weight excluding hydrogens is 409 g/mol. The molecule has 0 atom stereocenters. The molecule has 0 spiro atoms. The lowest BCUT2D eigenvalue weighted by Gasteiger charge is -2.10. The third-order valence-corrected chi connectivity index (χ3v) is 4.16. The molecule has 0 saturated heterocycles. The molecule has 2 aromatic carbocycles. The van der Waals surface area contributed by atoms with Crippen LogP contribution in [0.2, 0.25) is 0 Å². The molecule has 0 saturated carbocycles. The lowest BCUT2D eigenvalue weighted by atomic mass is 10.3. The van der Waals surface area contributed by atoms with Gasteiger partial charge in [-0.3, -0.25) is 25.3 Å². The van der Waals surface area contributed by atoms with Crippen LogP contribution < -0.4 is 10.9 Å². The van der Waals surface area contributed by atoms with Crippen LogP contribution in [0.5, 0.6) is 0 Å². The number of benzene rings is 2. The minimum Gasteiger partial charge on any atom is -0.296 e. The van der Waals surface area contributed by atoms with E-state index in [-0.39, 0.29) is 18.0 Å². The number of aromatic nitrogens is 3. The average molecular weight is 422 g/mol. The van der Waals surface area contributed by atoms with Crippen LogP contribution in [0.25, 0.3) is 5.69 Å². The van der Waals surface area contributed by atoms with E-state index in [1.165, 1.54) is 12.1 Å². The molecule has 3 aromatic rings. The first-order valence-electron chi connectivity index (χ1n) is 7.26. The van der Waals surface area contributed by atoms with Crippen LogP contribution in [0.1, 0.15) is 5.82 Å². The second-order valence-corrected chi connectivity index (χ2v) is 6.39. The minimum absolute atomic E-state index is 0.0370. The molecule has 25 heavy (non-hydrogen) atoms. The number of hydrazine groups is 1. The predicted octanol–water partition coefficient (Wildman–Crippen LogP) is 3.52. The molecule has 128 valence electrons. The van der Waals surface area contributed by atoms with Gasteiger partial charge in [-0.25, -0.2) is 4.39 Å². The molecule has 1 heterocycles. The highest BCUT2D eigenvalue weighted by Gasteiger charge is 2.13. The van der Waals surface area contributed by atoms with Gasteiger partial charge in [0, 0.05) is 10.2 Å². The van der Waals surface area contributed by atoms with Crippen molar-refractivity contribution in [3.8, 4) is 5.69 Å². The summed E-state index contributed by atoms with van der Waals surface area (Å²) in [5.74, 6) is -0.392. The third kappa shape index (κ3) is 4.12. The van der Waals surface area contributed by atoms with Gasteiger partial charge in [-0.05, 0) is 48.6 Å². The van der Waals surface area contributed by atoms with Crippen molar-refractivity contribution in [2.24, 2.45) is 0 Å². The zero-order valence-electron chi connectivity index (χ0n) is 12.8. The summed E-state index contributed by atoms with van der Waals surface area (Å²) in [5, 5.41) is 6.78. The Kier molecular flexibility index (Phi) is 5.25. The highest BCUT2D eigenvalue weighted by atomic mass is 79.9. The van der Waals surface area contributed by atoms with Gasteiger partial charge in [0.2, 0.25) is 5.91 Å². The predicted molar refractivity (Wildman–Crippen MR) is 98.3 cm³/mol. The van der Waals surface area contributed by atoms with Crippen molar-refractivity contribution in [3.63, 3.8) is 0 Å². The third-order valence-electron chi connectivity index (χ3n) is 3.36. The topological polar surface area (TPSA) is 74.7 Å². The standard InChI is InChI=1S/C16H13BrFN5OS/c17-10-5-7-11(8-6-10)23-14(20-22-16(23)25)9-15(24)21-19-13-4-2-1-3-12(13)18/h1-8,19H,9H2,(H,21,24)(H,22,25). The Labute approximate surface area is 156 Å². The zero-order chi connectivity index (χ0) is 17.8. The average Bonchev–Trinajstić information content (AvgIpc) is 2.95. The van der Waals surface area contributed by atoms with Crippen LogP contribution in [-0.2, 0) is 11.2 Å². The normalized spacial score (nSPS) is 10.5. The first-order valence-corrected chi connectivity index (χ1v) is 8.46. The number of amides is 1. The smallest absolute Gasteiger partial charge is 0.245 e. The Morgan fingerprint density at radius 1 is 1.24 bits per heavy atom. The van der Waals surface area contributed by atoms with Gasteiger partial charge in [0.1, 0.15) is 11.6 Å². The second-order valence-electron chi connectivity index (χ2n) is 5.09. The number of halogens is 2. The number of nitrogens with one attached hydrogen (secondary N) is 3. The number of carbonyl (C=O) groups is 1. The molecule has 0 unspecified atom stereocenters. The largest absolute Gasteiger partial charge is 0.296 e. The molecule has 6 nitrogen and oxygen atoms in total. The second kappa shape index (κ2) is 7.58. The van der Waals surface area contributed by atoms with Gasteiger partial charge in [0.05, 0.1) is 12.1 Å². The minimum atomic E-state index is -0.458. The van der Waals surface area contributed by atoms with E-state index in [9.17, 15) is 9.18 Å². The molecule has 0 radical (unpaired) electrons. The Morgan fingerprint density at radius 3 is 2.68 bits per heavy atom. The van der Waals surface area contributed by atoms with Crippen LogP contribution in [0.3, 0.4) is 0 Å². The van der Waals surface area contributed by atoms with Gasteiger partial charge >= 0.3 is 0 Å². The van der Waals surface area contributed by atoms with Crippen molar-refractivity contribution in [1.82, 2.24) is 20.2 Å². The van der Waals surface area contributed by atoms with E-state index >= 15 is 0 Å². The van der Waals surface area contributed by atoms with E-state index < -0.39 is 5.82 Å². The molecular formula is C16H13BrFN5OS. The summed E-state index contributed by atoms with van der Waals surface area (Å²) in [6, 6.07) is 13.5. The fourth-order valence-corrected chi connectivity index (χ4v) is 2.71. The van der Waals surface area contributed by atoms with Gasteiger partial charge in [-0.15, -0.1) is 0 Å². The van der Waals surface area contributed by atoms with Crippen LogP contribution in [0.15, 0.2) is 53.0 Å². The lowest BCUT2D eigenvalue weighted by Crippen LogP contribution is -2.31. The number of rotatable bonds is 5. The molecule has 0 aliphatic rings. The fourth-order valence-electron chi connectivity index (χ4n) is 2.19. The molecule has 0 aliphatic heterocycles. The Hall–Kier alpha value is -2.52. The highest BCUT2D eigenvalue weighted by Crippen LogP contribution is 2.16. The molecule has 3 N–H and O–H groups in total. The van der Waals surface area contributed by atoms with E-state index in [1.54, 1.807) is 16.7 Å². The number of para-hydroxylation sites is 1. The summed E-state index contributed by atoms with van der Waals surface area (Å²) in [6.07, 6.45) is -0.0370. The van der Waals surface area contributed by atoms with Gasteiger partial charge in [0.15, 0.2) is 4.77 Å². The van der Waals surface area contributed by atoms with Crippen LogP contribution >= 0.6 is 28.1 Å². The molecule has 0 aliphatic carbocycles. The van der Waals surface area contributed by atoms with Crippen molar-refractivity contribution in [1.29, 1.82) is 0 Å². The first-order chi connectivity index (χ1) is 12.0. The fraction of sp³-hybridized carbons (Fsp3) is 0.0625. The molecule has 1 aromatic heterocycles. The number of hydrogen-bond acceptors (Lipinski definition) is 4. The quantitative estimate of drug-likeness (QED) is 0.435. The summed E-state index contributed by atoms with van der Waals surface area (Å²) in [7, 11) is 0. The SMILES string of the molecule is O=C(Cc1n[nH]c(=S)n1-c1ccc(Br)cc1)NNc1ccccc1F. The van der Waals surface area contributed by atoms with E-state index in [4.69, 9.17) is 12.2 Å². The Balaban J connectivity index is 1.73. The lowest BCUT2D eigenvalue weighted by molar-refractivity contribution is -0.120. The van der Waals surface area contributed by atoms with Crippen molar-refractivity contribution in [2.45, 2.75) is 6.42 Å². The summed E-state index contributed by atoms with van der Waals surface area (Å²) in [6.45, 7) is 0. The molecule has 0 fully saturated rings. The maximum atomic E-state index is 13.5. The molecule has 0 bridgehead atoms. The van der Waals surface area contributed by atoms with Crippen molar-refractivity contribution >= 4 is 39.7 Å². The number of hydrogen-bond donors (Lipinski definition) is 3. The van der Waals surface area contributed by atoms with Gasteiger partial charge < -0.3 is 0 Å². The van der Waals surface area contributed by atoms with E-state index in [2.05, 4.69) is 37.0 Å². The van der Waals surface area contributed by atoms with E-state index in [1.807, 2.05) is 24.3 Å². The van der Waals surface area contributed by atoms with Crippen LogP contribution in [-0.4, -0.2) is 20.7 Å². The van der Waals surface area contributed by atoms with Crippen LogP contribution in [0.4, 0.5) is 10.1 Å². The van der Waals surface area contributed by atoms with Crippen LogP contribution in [0, 0.1) is 10.6 Å². The van der Waals surface area contributed by atoms with E-state index in [0.717, 1.165) is 10.2 Å². The monoisotopic (exact) mass is 421 g/mol. The van der Waals surface area contributed by atoms with Gasteiger partial charge in [0.25, 0.3) is 0 Å². The number of nitrogens with zero attached hydrogens (tertiary/aromatic N) is 2.